The molecule has 4 nitrogen and oxygen atoms in total. The van der Waals surface area contributed by atoms with Gasteiger partial charge in [-0.15, -0.1) is 0 Å². The highest BCUT2D eigenvalue weighted by atomic mass is 35.5. The zero-order valence-corrected chi connectivity index (χ0v) is 13.8. The fourth-order valence-corrected chi connectivity index (χ4v) is 3.40. The third kappa shape index (κ3) is 4.32. The number of hydrogen-bond donors (Lipinski definition) is 1. The van der Waals surface area contributed by atoms with Crippen molar-refractivity contribution < 1.29 is 13.2 Å². The number of benzene rings is 2. The minimum Gasteiger partial charge on any atom is -0.325 e. The van der Waals surface area contributed by atoms with E-state index in [1.54, 1.807) is 12.1 Å². The van der Waals surface area contributed by atoms with Gasteiger partial charge in [0.15, 0.2) is 9.84 Å². The first-order valence-electron chi connectivity index (χ1n) is 6.63. The number of rotatable bonds is 4. The number of anilines is 1. The Hall–Kier alpha value is -1.85. The molecule has 0 atom stereocenters. The maximum absolute atomic E-state index is 12.2. The molecule has 0 heterocycles. The van der Waals surface area contributed by atoms with Crippen LogP contribution in [0, 0.1) is 13.8 Å². The van der Waals surface area contributed by atoms with Crippen LogP contribution in [-0.2, 0) is 14.6 Å². The summed E-state index contributed by atoms with van der Waals surface area (Å²) in [4.78, 5) is 12.1. The van der Waals surface area contributed by atoms with Crippen LogP contribution >= 0.6 is 11.6 Å². The summed E-state index contributed by atoms with van der Waals surface area (Å²) in [6.45, 7) is 3.82. The predicted molar refractivity (Wildman–Crippen MR) is 88.1 cm³/mol. The topological polar surface area (TPSA) is 63.2 Å². The van der Waals surface area contributed by atoms with Crippen molar-refractivity contribution in [2.75, 3.05) is 11.1 Å². The highest BCUT2D eigenvalue weighted by molar-refractivity contribution is 7.92. The van der Waals surface area contributed by atoms with Gasteiger partial charge in [-0.2, -0.15) is 0 Å². The molecule has 0 aliphatic heterocycles. The van der Waals surface area contributed by atoms with Crippen LogP contribution < -0.4 is 5.32 Å². The number of amides is 1. The lowest BCUT2D eigenvalue weighted by Gasteiger charge is -2.08. The van der Waals surface area contributed by atoms with E-state index in [2.05, 4.69) is 5.32 Å². The lowest BCUT2D eigenvalue weighted by molar-refractivity contribution is -0.113. The number of sulfone groups is 1. The standard InChI is InChI=1S/C16H16ClNO3S/c1-11-7-12(2)9-14(8-11)18-16(19)10-22(20,21)15-5-3-13(17)4-6-15/h3-9H,10H2,1-2H3,(H,18,19). The summed E-state index contributed by atoms with van der Waals surface area (Å²) >= 11 is 5.73. The van der Waals surface area contributed by atoms with Crippen LogP contribution in [0.4, 0.5) is 5.69 Å². The Morgan fingerprint density at radius 1 is 1.05 bits per heavy atom. The fourth-order valence-electron chi connectivity index (χ4n) is 2.14. The summed E-state index contributed by atoms with van der Waals surface area (Å²) in [7, 11) is -3.69. The second kappa shape index (κ2) is 6.50. The van der Waals surface area contributed by atoms with E-state index in [0.717, 1.165) is 11.1 Å². The van der Waals surface area contributed by atoms with E-state index in [1.807, 2.05) is 19.9 Å². The van der Waals surface area contributed by atoms with Gasteiger partial charge in [0.05, 0.1) is 4.90 Å². The van der Waals surface area contributed by atoms with Gasteiger partial charge in [-0.05, 0) is 61.4 Å². The number of nitrogens with one attached hydrogen (secondary N) is 1. The molecule has 0 radical (unpaired) electrons. The molecule has 6 heteroatoms. The molecule has 2 aromatic rings. The first kappa shape index (κ1) is 16.5. The maximum Gasteiger partial charge on any atom is 0.239 e. The van der Waals surface area contributed by atoms with Crippen molar-refractivity contribution in [3.63, 3.8) is 0 Å². The van der Waals surface area contributed by atoms with E-state index in [-0.39, 0.29) is 4.90 Å². The molecule has 0 aliphatic rings. The molecule has 0 unspecified atom stereocenters. The zero-order chi connectivity index (χ0) is 16.3. The van der Waals surface area contributed by atoms with E-state index in [4.69, 9.17) is 11.6 Å². The third-order valence-corrected chi connectivity index (χ3v) is 4.88. The van der Waals surface area contributed by atoms with Crippen LogP contribution in [0.25, 0.3) is 0 Å². The molecule has 0 aliphatic carbocycles. The third-order valence-electron chi connectivity index (χ3n) is 3.00. The summed E-state index contributed by atoms with van der Waals surface area (Å²) in [5.74, 6) is -1.18. The SMILES string of the molecule is Cc1cc(C)cc(NC(=O)CS(=O)(=O)c2ccc(Cl)cc2)c1. The number of hydrogen-bond acceptors (Lipinski definition) is 3. The van der Waals surface area contributed by atoms with Crippen molar-refractivity contribution >= 4 is 33.0 Å². The van der Waals surface area contributed by atoms with E-state index in [9.17, 15) is 13.2 Å². The van der Waals surface area contributed by atoms with Crippen molar-refractivity contribution in [1.82, 2.24) is 0 Å². The molecule has 116 valence electrons. The maximum atomic E-state index is 12.2. The van der Waals surface area contributed by atoms with Gasteiger partial charge in [0.1, 0.15) is 5.75 Å². The minimum absolute atomic E-state index is 0.0764. The van der Waals surface area contributed by atoms with Crippen LogP contribution in [0.1, 0.15) is 11.1 Å². The highest BCUT2D eigenvalue weighted by Crippen LogP contribution is 2.17. The Kier molecular flexibility index (Phi) is 4.88. The van der Waals surface area contributed by atoms with E-state index in [0.29, 0.717) is 10.7 Å². The van der Waals surface area contributed by atoms with Gasteiger partial charge < -0.3 is 5.32 Å². The summed E-state index contributed by atoms with van der Waals surface area (Å²) in [6, 6.07) is 11.3. The van der Waals surface area contributed by atoms with Crippen molar-refractivity contribution in [2.24, 2.45) is 0 Å². The van der Waals surface area contributed by atoms with Gasteiger partial charge in [-0.1, -0.05) is 17.7 Å². The van der Waals surface area contributed by atoms with E-state index in [1.165, 1.54) is 24.3 Å². The number of carbonyl (C=O) groups is 1. The minimum atomic E-state index is -3.69. The fraction of sp³-hybridized carbons (Fsp3) is 0.188. The van der Waals surface area contributed by atoms with Crippen LogP contribution in [0.2, 0.25) is 5.02 Å². The first-order valence-corrected chi connectivity index (χ1v) is 8.66. The van der Waals surface area contributed by atoms with E-state index < -0.39 is 21.5 Å². The molecular formula is C16H16ClNO3S. The molecule has 0 aromatic heterocycles. The summed E-state index contributed by atoms with van der Waals surface area (Å²) < 4.78 is 24.3. The lowest BCUT2D eigenvalue weighted by Crippen LogP contribution is -2.23. The number of carbonyl (C=O) groups excluding carboxylic acids is 1. The molecule has 0 spiro atoms. The van der Waals surface area contributed by atoms with Gasteiger partial charge in [0.2, 0.25) is 5.91 Å². The monoisotopic (exact) mass is 337 g/mol. The van der Waals surface area contributed by atoms with Crippen LogP contribution in [0.5, 0.6) is 0 Å². The molecule has 2 rings (SSSR count). The van der Waals surface area contributed by atoms with Crippen molar-refractivity contribution in [3.8, 4) is 0 Å². The van der Waals surface area contributed by atoms with Gasteiger partial charge >= 0.3 is 0 Å². The Balaban J connectivity index is 2.12. The zero-order valence-electron chi connectivity index (χ0n) is 12.3. The smallest absolute Gasteiger partial charge is 0.239 e. The molecule has 0 fully saturated rings. The van der Waals surface area contributed by atoms with Gasteiger partial charge in [0.25, 0.3) is 0 Å². The highest BCUT2D eigenvalue weighted by Gasteiger charge is 2.19. The van der Waals surface area contributed by atoms with Gasteiger partial charge in [-0.25, -0.2) is 8.42 Å². The second-order valence-electron chi connectivity index (χ2n) is 5.14. The Labute approximate surface area is 135 Å². The largest absolute Gasteiger partial charge is 0.325 e. The van der Waals surface area contributed by atoms with Crippen LogP contribution in [-0.4, -0.2) is 20.1 Å². The average molecular weight is 338 g/mol. The van der Waals surface area contributed by atoms with Crippen LogP contribution in [0.15, 0.2) is 47.4 Å². The van der Waals surface area contributed by atoms with E-state index >= 15 is 0 Å². The molecule has 0 bridgehead atoms. The first-order chi connectivity index (χ1) is 10.3. The molecular weight excluding hydrogens is 322 g/mol. The molecule has 2 aromatic carbocycles. The van der Waals surface area contributed by atoms with Crippen molar-refractivity contribution in [3.05, 3.63) is 58.6 Å². The van der Waals surface area contributed by atoms with Crippen molar-refractivity contribution in [2.45, 2.75) is 18.7 Å². The number of aryl methyl sites for hydroxylation is 2. The van der Waals surface area contributed by atoms with Gasteiger partial charge in [0, 0.05) is 10.7 Å². The molecule has 1 amide bonds. The Morgan fingerprint density at radius 2 is 1.59 bits per heavy atom. The molecule has 22 heavy (non-hydrogen) atoms. The molecule has 0 saturated carbocycles. The van der Waals surface area contributed by atoms with Crippen LogP contribution in [0.3, 0.4) is 0 Å². The average Bonchev–Trinajstić information content (AvgIpc) is 2.36. The molecule has 1 N–H and O–H groups in total. The summed E-state index contributed by atoms with van der Waals surface area (Å²) in [5.41, 5.74) is 2.58. The summed E-state index contributed by atoms with van der Waals surface area (Å²) in [5, 5.41) is 3.06. The summed E-state index contributed by atoms with van der Waals surface area (Å²) in [6.07, 6.45) is 0. The Morgan fingerprint density at radius 3 is 2.14 bits per heavy atom. The van der Waals surface area contributed by atoms with Crippen molar-refractivity contribution in [1.29, 1.82) is 0 Å². The lowest BCUT2D eigenvalue weighted by atomic mass is 10.1. The predicted octanol–water partition coefficient (Wildman–Crippen LogP) is 3.37. The number of halogens is 1. The quantitative estimate of drug-likeness (QED) is 0.930. The second-order valence-corrected chi connectivity index (χ2v) is 7.56. The normalized spacial score (nSPS) is 11.2. The Bertz CT molecular complexity index is 778. The van der Waals surface area contributed by atoms with Gasteiger partial charge in [-0.3, -0.25) is 4.79 Å². The molecule has 0 saturated heterocycles.